The molecule has 0 bridgehead atoms. The molecule has 1 aliphatic rings. The average molecular weight is 379 g/mol. The highest BCUT2D eigenvalue weighted by molar-refractivity contribution is 7.18. The van der Waals surface area contributed by atoms with Gasteiger partial charge in [0.15, 0.2) is 0 Å². The first-order chi connectivity index (χ1) is 12.2. The number of fused-ring (bicyclic) bond motifs is 3. The summed E-state index contributed by atoms with van der Waals surface area (Å²) in [5, 5.41) is 0.423. The van der Waals surface area contributed by atoms with Crippen LogP contribution in [0.5, 0.6) is 0 Å². The lowest BCUT2D eigenvalue weighted by Crippen LogP contribution is -2.39. The van der Waals surface area contributed by atoms with E-state index in [1.165, 1.54) is 11.3 Å². The predicted molar refractivity (Wildman–Crippen MR) is 96.5 cm³/mol. The summed E-state index contributed by atoms with van der Waals surface area (Å²) in [4.78, 5) is 46.5. The molecule has 1 N–H and O–H groups in total. The molecule has 9 heteroatoms. The number of esters is 1. The summed E-state index contributed by atoms with van der Waals surface area (Å²) in [5.41, 5.74) is -0.213. The van der Waals surface area contributed by atoms with E-state index in [1.807, 2.05) is 20.8 Å². The Morgan fingerprint density at radius 3 is 2.73 bits per heavy atom. The number of H-pyrrole nitrogens is 1. The van der Waals surface area contributed by atoms with Crippen molar-refractivity contribution in [3.05, 3.63) is 26.6 Å². The van der Waals surface area contributed by atoms with Crippen LogP contribution >= 0.6 is 11.3 Å². The smallest absolute Gasteiger partial charge is 0.410 e. The molecule has 0 aliphatic carbocycles. The third-order valence-corrected chi connectivity index (χ3v) is 5.01. The van der Waals surface area contributed by atoms with Crippen molar-refractivity contribution in [2.24, 2.45) is 0 Å². The molecule has 0 radical (unpaired) electrons. The van der Waals surface area contributed by atoms with Crippen molar-refractivity contribution in [2.75, 3.05) is 13.2 Å². The summed E-state index contributed by atoms with van der Waals surface area (Å²) in [5.74, 6) is -0.764. The van der Waals surface area contributed by atoms with Crippen LogP contribution in [0.2, 0.25) is 0 Å². The molecule has 0 aromatic carbocycles. The molecule has 140 valence electrons. The number of aromatic nitrogens is 2. The number of carbonyl (C=O) groups is 2. The second kappa shape index (κ2) is 6.71. The maximum Gasteiger partial charge on any atom is 0.410 e. The van der Waals surface area contributed by atoms with E-state index in [0.717, 1.165) is 10.4 Å². The third-order valence-electron chi connectivity index (χ3n) is 3.82. The van der Waals surface area contributed by atoms with Crippen molar-refractivity contribution in [1.82, 2.24) is 14.9 Å². The summed E-state index contributed by atoms with van der Waals surface area (Å²) in [7, 11) is 0. The minimum Gasteiger partial charge on any atom is -0.460 e. The fourth-order valence-corrected chi connectivity index (χ4v) is 3.94. The number of amides is 1. The van der Waals surface area contributed by atoms with Gasteiger partial charge in [-0.15, -0.1) is 11.3 Å². The molecule has 0 spiro atoms. The fourth-order valence-electron chi connectivity index (χ4n) is 2.76. The summed E-state index contributed by atoms with van der Waals surface area (Å²) in [6.45, 7) is 8.12. The Balaban J connectivity index is 1.94. The third kappa shape index (κ3) is 3.57. The number of hydrogen-bond acceptors (Lipinski definition) is 7. The fraction of sp³-hybridized carbons (Fsp3) is 0.529. The van der Waals surface area contributed by atoms with Gasteiger partial charge in [-0.1, -0.05) is 0 Å². The van der Waals surface area contributed by atoms with Gasteiger partial charge >= 0.3 is 12.1 Å². The predicted octanol–water partition coefficient (Wildman–Crippen LogP) is 2.45. The largest absolute Gasteiger partial charge is 0.460 e. The molecule has 1 amide bonds. The van der Waals surface area contributed by atoms with Crippen LogP contribution in [0.15, 0.2) is 4.79 Å². The van der Waals surface area contributed by atoms with Crippen molar-refractivity contribution in [2.45, 2.75) is 46.3 Å². The standard InChI is InChI=1S/C17H21N3O5S/c1-5-24-15(22)12-18-13(21)11-9-8-20(16(23)25-17(2,3)4)7-6-10(9)26-14(11)19-12/h5-8H2,1-4H3,(H,18,19,21). The lowest BCUT2D eigenvalue weighted by Gasteiger charge is -2.30. The highest BCUT2D eigenvalue weighted by Gasteiger charge is 2.29. The van der Waals surface area contributed by atoms with E-state index >= 15 is 0 Å². The number of nitrogens with zero attached hydrogens (tertiary/aromatic N) is 2. The molecule has 2 aromatic rings. The number of ether oxygens (including phenoxy) is 2. The van der Waals surface area contributed by atoms with Crippen LogP contribution in [0.3, 0.4) is 0 Å². The maximum absolute atomic E-state index is 12.5. The zero-order valence-electron chi connectivity index (χ0n) is 15.2. The number of nitrogens with one attached hydrogen (secondary N) is 1. The molecule has 0 fully saturated rings. The van der Waals surface area contributed by atoms with Gasteiger partial charge in [0, 0.05) is 17.0 Å². The quantitative estimate of drug-likeness (QED) is 0.804. The van der Waals surface area contributed by atoms with Crippen LogP contribution in [0.25, 0.3) is 10.2 Å². The molecule has 2 aromatic heterocycles. The number of thiophene rings is 1. The van der Waals surface area contributed by atoms with Gasteiger partial charge in [-0.2, -0.15) is 0 Å². The molecule has 0 unspecified atom stereocenters. The number of rotatable bonds is 2. The first-order valence-corrected chi connectivity index (χ1v) is 9.21. The SMILES string of the molecule is CCOC(=O)c1nc2sc3c(c2c(=O)[nH]1)CN(C(=O)OC(C)(C)C)CC3. The summed E-state index contributed by atoms with van der Waals surface area (Å²) >= 11 is 1.37. The van der Waals surface area contributed by atoms with Gasteiger partial charge in [-0.25, -0.2) is 14.6 Å². The van der Waals surface area contributed by atoms with E-state index in [1.54, 1.807) is 11.8 Å². The monoisotopic (exact) mass is 379 g/mol. The van der Waals surface area contributed by atoms with E-state index in [-0.39, 0.29) is 19.0 Å². The van der Waals surface area contributed by atoms with Crippen LogP contribution in [0.1, 0.15) is 48.8 Å². The second-order valence-corrected chi connectivity index (χ2v) is 8.05. The number of carbonyl (C=O) groups excluding carboxylic acids is 2. The molecule has 0 atom stereocenters. The topological polar surface area (TPSA) is 102 Å². The Morgan fingerprint density at radius 1 is 1.35 bits per heavy atom. The minimum atomic E-state index is -0.659. The lowest BCUT2D eigenvalue weighted by molar-refractivity contribution is 0.0226. The highest BCUT2D eigenvalue weighted by atomic mass is 32.1. The van der Waals surface area contributed by atoms with E-state index in [4.69, 9.17) is 9.47 Å². The zero-order valence-corrected chi connectivity index (χ0v) is 16.0. The van der Waals surface area contributed by atoms with E-state index in [9.17, 15) is 14.4 Å². The Labute approximate surface area is 154 Å². The molecule has 3 rings (SSSR count). The van der Waals surface area contributed by atoms with Crippen molar-refractivity contribution in [3.8, 4) is 0 Å². The summed E-state index contributed by atoms with van der Waals surface area (Å²) in [6.07, 6.45) is 0.207. The van der Waals surface area contributed by atoms with Gasteiger partial charge in [0.25, 0.3) is 5.56 Å². The van der Waals surface area contributed by atoms with Gasteiger partial charge < -0.3 is 19.4 Å². The van der Waals surface area contributed by atoms with Crippen molar-refractivity contribution in [1.29, 1.82) is 0 Å². The first kappa shape index (κ1) is 18.4. The molecule has 26 heavy (non-hydrogen) atoms. The first-order valence-electron chi connectivity index (χ1n) is 8.39. The molecule has 3 heterocycles. The van der Waals surface area contributed by atoms with Crippen LogP contribution in [0.4, 0.5) is 4.79 Å². The maximum atomic E-state index is 12.5. The van der Waals surface area contributed by atoms with Gasteiger partial charge in [0.05, 0.1) is 18.5 Å². The molecular weight excluding hydrogens is 358 g/mol. The molecule has 0 saturated carbocycles. The number of hydrogen-bond donors (Lipinski definition) is 1. The lowest BCUT2D eigenvalue weighted by atomic mass is 10.1. The van der Waals surface area contributed by atoms with Crippen LogP contribution < -0.4 is 5.56 Å². The summed E-state index contributed by atoms with van der Waals surface area (Å²) < 4.78 is 10.3. The Kier molecular flexibility index (Phi) is 4.74. The second-order valence-electron chi connectivity index (χ2n) is 6.97. The van der Waals surface area contributed by atoms with E-state index in [0.29, 0.717) is 23.2 Å². The minimum absolute atomic E-state index is 0.105. The van der Waals surface area contributed by atoms with Crippen molar-refractivity contribution in [3.63, 3.8) is 0 Å². The molecule has 8 nitrogen and oxygen atoms in total. The number of aromatic amines is 1. The molecule has 0 saturated heterocycles. The van der Waals surface area contributed by atoms with E-state index < -0.39 is 23.2 Å². The van der Waals surface area contributed by atoms with Crippen LogP contribution in [0, 0.1) is 0 Å². The van der Waals surface area contributed by atoms with Gasteiger partial charge in [-0.3, -0.25) is 4.79 Å². The highest BCUT2D eigenvalue weighted by Crippen LogP contribution is 2.32. The Morgan fingerprint density at radius 2 is 2.08 bits per heavy atom. The van der Waals surface area contributed by atoms with Crippen molar-refractivity contribution < 1.29 is 19.1 Å². The van der Waals surface area contributed by atoms with E-state index in [2.05, 4.69) is 9.97 Å². The Hall–Kier alpha value is -2.42. The molecule has 1 aliphatic heterocycles. The van der Waals surface area contributed by atoms with Crippen LogP contribution in [-0.2, 0) is 22.4 Å². The van der Waals surface area contributed by atoms with Gasteiger partial charge in [-0.05, 0) is 34.1 Å². The van der Waals surface area contributed by atoms with Gasteiger partial charge in [0.2, 0.25) is 5.82 Å². The average Bonchev–Trinajstić information content (AvgIpc) is 2.91. The molecular formula is C17H21N3O5S. The normalized spacial score (nSPS) is 14.2. The Bertz CT molecular complexity index is 925. The summed E-state index contributed by atoms with van der Waals surface area (Å²) in [6, 6.07) is 0. The van der Waals surface area contributed by atoms with Gasteiger partial charge in [0.1, 0.15) is 10.4 Å². The van der Waals surface area contributed by atoms with Crippen LogP contribution in [-0.4, -0.2) is 45.7 Å². The zero-order chi connectivity index (χ0) is 19.1. The van der Waals surface area contributed by atoms with Crippen molar-refractivity contribution >= 4 is 33.6 Å².